The molecule has 1 heterocycles. The molecule has 31 heavy (non-hydrogen) atoms. The van der Waals surface area contributed by atoms with E-state index in [2.05, 4.69) is 32.6 Å². The van der Waals surface area contributed by atoms with Crippen LogP contribution in [0.2, 0.25) is 0 Å². The summed E-state index contributed by atoms with van der Waals surface area (Å²) in [6.45, 7) is 8.47. The minimum absolute atomic E-state index is 0.0920. The molecule has 1 saturated heterocycles. The molecule has 1 saturated carbocycles. The molecule has 2 aromatic carbocycles. The number of ether oxygens (including phenoxy) is 1. The molecular formula is C24H31N3O3S. The van der Waals surface area contributed by atoms with Crippen molar-refractivity contribution < 1.29 is 9.66 Å². The fourth-order valence-electron chi connectivity index (χ4n) is 4.78. The van der Waals surface area contributed by atoms with Crippen LogP contribution in [0.1, 0.15) is 53.4 Å². The quantitative estimate of drug-likeness (QED) is 0.402. The molecule has 0 amide bonds. The summed E-state index contributed by atoms with van der Waals surface area (Å²) in [6.07, 6.45) is 4.95. The molecule has 0 aromatic heterocycles. The highest BCUT2D eigenvalue weighted by Crippen LogP contribution is 2.39. The van der Waals surface area contributed by atoms with Crippen molar-refractivity contribution in [3.63, 3.8) is 0 Å². The van der Waals surface area contributed by atoms with E-state index in [0.29, 0.717) is 11.4 Å². The van der Waals surface area contributed by atoms with E-state index in [1.807, 2.05) is 18.2 Å². The van der Waals surface area contributed by atoms with Gasteiger partial charge in [-0.15, -0.1) is 0 Å². The largest absolute Gasteiger partial charge is 0.371 e. The van der Waals surface area contributed by atoms with Gasteiger partial charge in [0.05, 0.1) is 33.7 Å². The molecule has 2 aliphatic rings. The van der Waals surface area contributed by atoms with Gasteiger partial charge in [-0.2, -0.15) is 0 Å². The topological polar surface area (TPSA) is 68.0 Å². The van der Waals surface area contributed by atoms with E-state index in [9.17, 15) is 10.1 Å². The zero-order chi connectivity index (χ0) is 22.2. The summed E-state index contributed by atoms with van der Waals surface area (Å²) in [5.74, 6) is 0.942. The molecule has 1 aliphatic heterocycles. The number of aliphatic imine (C=N–C) groups is 1. The highest BCUT2D eigenvalue weighted by molar-refractivity contribution is 8.14. The number of thioether (sulfide) groups is 1. The Hall–Kier alpha value is -2.12. The van der Waals surface area contributed by atoms with Crippen molar-refractivity contribution >= 4 is 39.1 Å². The number of hydrogen-bond donors (Lipinski definition) is 0. The third kappa shape index (κ3) is 4.72. The zero-order valence-electron chi connectivity index (χ0n) is 18.7. The van der Waals surface area contributed by atoms with Crippen LogP contribution in [0, 0.1) is 10.1 Å². The Labute approximate surface area is 188 Å². The summed E-state index contributed by atoms with van der Waals surface area (Å²) in [5.41, 5.74) is 0.716. The number of rotatable bonds is 5. The first-order valence-electron chi connectivity index (χ1n) is 11.1. The zero-order valence-corrected chi connectivity index (χ0v) is 19.5. The van der Waals surface area contributed by atoms with Crippen LogP contribution >= 0.6 is 11.8 Å². The van der Waals surface area contributed by atoms with Crippen LogP contribution in [0.15, 0.2) is 41.4 Å². The summed E-state index contributed by atoms with van der Waals surface area (Å²) < 4.78 is 6.34. The Morgan fingerprint density at radius 3 is 2.48 bits per heavy atom. The maximum atomic E-state index is 11.5. The Morgan fingerprint density at radius 2 is 1.84 bits per heavy atom. The van der Waals surface area contributed by atoms with Crippen LogP contribution in [-0.4, -0.2) is 44.5 Å². The standard InChI is InChI=1S/C24H31N3O3S/c1-16(30-24(2,3)4)22-15-31-23(26(22)17-9-5-6-10-17)25-20-13-14-21(27(28)29)19-12-8-7-11-18(19)20/h7-8,11-14,16-17,22H,5-6,9-10,15H2,1-4H3/t16-,22+/m0/s1. The number of nitro groups is 1. The smallest absolute Gasteiger partial charge is 0.277 e. The van der Waals surface area contributed by atoms with Gasteiger partial charge in [0.1, 0.15) is 0 Å². The third-order valence-corrected chi connectivity index (χ3v) is 7.12. The number of amidine groups is 1. The van der Waals surface area contributed by atoms with Crippen LogP contribution in [0.5, 0.6) is 0 Å². The van der Waals surface area contributed by atoms with Gasteiger partial charge in [0.15, 0.2) is 5.17 Å². The summed E-state index contributed by atoms with van der Waals surface area (Å²) >= 11 is 1.78. The molecule has 0 spiro atoms. The Morgan fingerprint density at radius 1 is 1.16 bits per heavy atom. The second-order valence-electron chi connectivity index (χ2n) is 9.46. The van der Waals surface area contributed by atoms with Crippen molar-refractivity contribution in [1.29, 1.82) is 0 Å². The Bertz CT molecular complexity index is 995. The molecule has 0 bridgehead atoms. The SMILES string of the molecule is C[C@H](OC(C)(C)C)[C@H]1CSC(=Nc2ccc([N+](=O)[O-])c3ccccc23)N1C1CCCC1. The predicted molar refractivity (Wildman–Crippen MR) is 128 cm³/mol. The van der Waals surface area contributed by atoms with Gasteiger partial charge in [-0.25, -0.2) is 4.99 Å². The maximum absolute atomic E-state index is 11.5. The van der Waals surface area contributed by atoms with E-state index in [1.165, 1.54) is 25.7 Å². The summed E-state index contributed by atoms with van der Waals surface area (Å²) in [4.78, 5) is 18.7. The minimum Gasteiger partial charge on any atom is -0.371 e. The lowest BCUT2D eigenvalue weighted by atomic mass is 10.1. The summed E-state index contributed by atoms with van der Waals surface area (Å²) in [5, 5.41) is 13.9. The van der Waals surface area contributed by atoms with E-state index in [1.54, 1.807) is 30.0 Å². The number of fused-ring (bicyclic) bond motifs is 1. The van der Waals surface area contributed by atoms with Crippen LogP contribution < -0.4 is 0 Å². The molecule has 7 heteroatoms. The van der Waals surface area contributed by atoms with Crippen molar-refractivity contribution in [1.82, 2.24) is 4.90 Å². The average molecular weight is 442 g/mol. The molecule has 2 aromatic rings. The minimum atomic E-state index is -0.323. The van der Waals surface area contributed by atoms with Crippen molar-refractivity contribution in [2.75, 3.05) is 5.75 Å². The lowest BCUT2D eigenvalue weighted by Crippen LogP contribution is -2.48. The number of hydrogen-bond acceptors (Lipinski definition) is 5. The van der Waals surface area contributed by atoms with Gasteiger partial charge in [0, 0.05) is 23.2 Å². The molecule has 2 fully saturated rings. The second-order valence-corrected chi connectivity index (χ2v) is 10.4. The first-order valence-corrected chi connectivity index (χ1v) is 12.1. The van der Waals surface area contributed by atoms with E-state index in [0.717, 1.165) is 22.0 Å². The van der Waals surface area contributed by atoms with Crippen molar-refractivity contribution in [2.45, 2.75) is 77.2 Å². The van der Waals surface area contributed by atoms with Crippen LogP contribution in [0.3, 0.4) is 0 Å². The van der Waals surface area contributed by atoms with Gasteiger partial charge in [-0.05, 0) is 52.7 Å². The predicted octanol–water partition coefficient (Wildman–Crippen LogP) is 6.30. The van der Waals surface area contributed by atoms with E-state index < -0.39 is 0 Å². The Kier molecular flexibility index (Phi) is 6.26. The number of benzene rings is 2. The molecule has 1 aliphatic carbocycles. The lowest BCUT2D eigenvalue weighted by molar-refractivity contribution is -0.383. The van der Waals surface area contributed by atoms with E-state index >= 15 is 0 Å². The fraction of sp³-hybridized carbons (Fsp3) is 0.542. The van der Waals surface area contributed by atoms with Gasteiger partial charge >= 0.3 is 0 Å². The van der Waals surface area contributed by atoms with E-state index in [4.69, 9.17) is 9.73 Å². The van der Waals surface area contributed by atoms with Crippen LogP contribution in [0.25, 0.3) is 10.8 Å². The van der Waals surface area contributed by atoms with E-state index in [-0.39, 0.29) is 28.4 Å². The van der Waals surface area contributed by atoms with Gasteiger partial charge in [0.25, 0.3) is 5.69 Å². The molecule has 2 atom stereocenters. The van der Waals surface area contributed by atoms with Gasteiger partial charge in [-0.1, -0.05) is 42.8 Å². The first-order chi connectivity index (χ1) is 14.7. The van der Waals surface area contributed by atoms with Crippen molar-refractivity contribution in [2.24, 2.45) is 4.99 Å². The molecule has 6 nitrogen and oxygen atoms in total. The van der Waals surface area contributed by atoms with Crippen molar-refractivity contribution in [3.8, 4) is 0 Å². The highest BCUT2D eigenvalue weighted by Gasteiger charge is 2.40. The summed E-state index contributed by atoms with van der Waals surface area (Å²) in [6, 6.07) is 11.6. The number of nitrogens with zero attached hydrogens (tertiary/aromatic N) is 3. The van der Waals surface area contributed by atoms with Crippen LogP contribution in [-0.2, 0) is 4.74 Å². The van der Waals surface area contributed by atoms with Crippen molar-refractivity contribution in [3.05, 3.63) is 46.5 Å². The maximum Gasteiger partial charge on any atom is 0.277 e. The molecular weight excluding hydrogens is 410 g/mol. The molecule has 4 rings (SSSR count). The second kappa shape index (κ2) is 8.79. The highest BCUT2D eigenvalue weighted by atomic mass is 32.2. The monoisotopic (exact) mass is 441 g/mol. The van der Waals surface area contributed by atoms with Crippen LogP contribution in [0.4, 0.5) is 11.4 Å². The van der Waals surface area contributed by atoms with Gasteiger partial charge in [0.2, 0.25) is 0 Å². The third-order valence-electron chi connectivity index (χ3n) is 6.05. The number of nitro benzene ring substituents is 1. The molecule has 166 valence electrons. The number of non-ortho nitro benzene ring substituents is 1. The molecule has 0 N–H and O–H groups in total. The molecule has 0 unspecified atom stereocenters. The molecule has 0 radical (unpaired) electrons. The lowest BCUT2D eigenvalue weighted by Gasteiger charge is -2.37. The fourth-order valence-corrected chi connectivity index (χ4v) is 6.13. The average Bonchev–Trinajstić information content (AvgIpc) is 3.36. The van der Waals surface area contributed by atoms with Gasteiger partial charge < -0.3 is 9.64 Å². The summed E-state index contributed by atoms with van der Waals surface area (Å²) in [7, 11) is 0. The first kappa shape index (κ1) is 22.1. The Balaban J connectivity index is 1.73. The normalized spacial score (nSPS) is 22.5. The van der Waals surface area contributed by atoms with Gasteiger partial charge in [-0.3, -0.25) is 10.1 Å².